The number of imide groups is 1. The molecule has 1 spiro atoms. The maximum atomic E-state index is 12.7. The van der Waals surface area contributed by atoms with Gasteiger partial charge in [0.25, 0.3) is 11.1 Å². The van der Waals surface area contributed by atoms with E-state index in [1.54, 1.807) is 24.5 Å². The minimum Gasteiger partial charge on any atom is -0.411 e. The minimum atomic E-state index is -0.894. The number of nitrogens with zero attached hydrogens (tertiary/aromatic N) is 4. The van der Waals surface area contributed by atoms with Crippen molar-refractivity contribution in [1.29, 1.82) is 0 Å². The van der Waals surface area contributed by atoms with Gasteiger partial charge in [-0.2, -0.15) is 5.01 Å². The number of rotatable bonds is 5. The zero-order chi connectivity index (χ0) is 20.4. The van der Waals surface area contributed by atoms with Crippen molar-refractivity contribution in [3.8, 4) is 11.5 Å². The Bertz CT molecular complexity index is 925. The van der Waals surface area contributed by atoms with Gasteiger partial charge in [-0.15, -0.1) is 10.2 Å². The molecule has 0 radical (unpaired) electrons. The first kappa shape index (κ1) is 19.4. The van der Waals surface area contributed by atoms with Gasteiger partial charge in [0, 0.05) is 12.4 Å². The molecule has 2 aliphatic rings. The normalized spacial score (nSPS) is 24.0. The highest BCUT2D eigenvalue weighted by Crippen LogP contribution is 2.35. The second-order valence-corrected chi connectivity index (χ2v) is 8.20. The fraction of sp³-hybridized carbons (Fsp3) is 0.444. The fourth-order valence-corrected chi connectivity index (χ4v) is 4.03. The molecule has 2 N–H and O–H groups in total. The molecule has 2 aromatic heterocycles. The topological polar surface area (TPSA) is 130 Å². The van der Waals surface area contributed by atoms with Crippen LogP contribution in [0.4, 0.5) is 4.79 Å². The third kappa shape index (κ3) is 3.95. The highest BCUT2D eigenvalue weighted by atomic mass is 32.2. The van der Waals surface area contributed by atoms with Crippen molar-refractivity contribution in [2.75, 3.05) is 5.75 Å². The number of amides is 4. The van der Waals surface area contributed by atoms with Crippen molar-refractivity contribution < 1.29 is 18.8 Å². The summed E-state index contributed by atoms with van der Waals surface area (Å²) in [6, 6.07) is 2.93. The van der Waals surface area contributed by atoms with E-state index >= 15 is 0 Å². The second-order valence-electron chi connectivity index (χ2n) is 7.27. The van der Waals surface area contributed by atoms with Gasteiger partial charge < -0.3 is 9.73 Å². The Hall–Kier alpha value is -2.95. The van der Waals surface area contributed by atoms with Crippen molar-refractivity contribution in [1.82, 2.24) is 30.9 Å². The molecule has 0 atom stereocenters. The Labute approximate surface area is 170 Å². The monoisotopic (exact) mass is 416 g/mol. The molecular weight excluding hydrogens is 396 g/mol. The van der Waals surface area contributed by atoms with Crippen LogP contribution in [-0.4, -0.2) is 49.3 Å². The van der Waals surface area contributed by atoms with E-state index in [1.807, 2.05) is 0 Å². The lowest BCUT2D eigenvalue weighted by Gasteiger charge is -2.33. The van der Waals surface area contributed by atoms with Crippen molar-refractivity contribution in [2.45, 2.75) is 43.4 Å². The number of thioether (sulfide) groups is 1. The van der Waals surface area contributed by atoms with E-state index < -0.39 is 23.4 Å². The van der Waals surface area contributed by atoms with Crippen molar-refractivity contribution in [2.24, 2.45) is 5.92 Å². The maximum Gasteiger partial charge on any atom is 0.344 e. The van der Waals surface area contributed by atoms with E-state index in [1.165, 1.54) is 0 Å². The van der Waals surface area contributed by atoms with Crippen LogP contribution in [0, 0.1) is 5.92 Å². The molecule has 4 rings (SSSR count). The lowest BCUT2D eigenvalue weighted by molar-refractivity contribution is -0.139. The van der Waals surface area contributed by atoms with Crippen molar-refractivity contribution in [3.05, 3.63) is 24.5 Å². The smallest absolute Gasteiger partial charge is 0.344 e. The fourth-order valence-electron chi connectivity index (χ4n) is 3.47. The Morgan fingerprint density at radius 1 is 1.38 bits per heavy atom. The third-order valence-corrected chi connectivity index (χ3v) is 5.99. The first-order valence-corrected chi connectivity index (χ1v) is 10.3. The van der Waals surface area contributed by atoms with E-state index in [2.05, 4.69) is 32.8 Å². The number of aromatic nitrogens is 3. The molecule has 1 aliphatic carbocycles. The van der Waals surface area contributed by atoms with Crippen LogP contribution in [0.1, 0.15) is 32.6 Å². The van der Waals surface area contributed by atoms with Crippen LogP contribution >= 0.6 is 11.8 Å². The largest absolute Gasteiger partial charge is 0.411 e. The molecule has 152 valence electrons. The minimum absolute atomic E-state index is 0.0875. The second kappa shape index (κ2) is 7.82. The Kier molecular flexibility index (Phi) is 5.22. The Morgan fingerprint density at radius 3 is 2.90 bits per heavy atom. The number of hydrazine groups is 1. The summed E-state index contributed by atoms with van der Waals surface area (Å²) in [5.74, 6) is -0.180. The lowest BCUT2D eigenvalue weighted by atomic mass is 9.77. The number of urea groups is 1. The average Bonchev–Trinajstić information content (AvgIpc) is 3.29. The van der Waals surface area contributed by atoms with E-state index in [0.717, 1.165) is 29.6 Å². The SMILES string of the molecule is CC1CCC2(CC1)NC(=O)N(NC(=O)CSc1nnc(-c3cccnc3)o1)C2=O. The molecule has 0 unspecified atom stereocenters. The first-order chi connectivity index (χ1) is 14.0. The lowest BCUT2D eigenvalue weighted by Crippen LogP contribution is -2.51. The summed E-state index contributed by atoms with van der Waals surface area (Å²) in [7, 11) is 0. The van der Waals surface area contributed by atoms with E-state index in [4.69, 9.17) is 4.42 Å². The van der Waals surface area contributed by atoms with Crippen LogP contribution in [0.15, 0.2) is 34.2 Å². The first-order valence-electron chi connectivity index (χ1n) is 9.30. The molecule has 29 heavy (non-hydrogen) atoms. The molecule has 1 saturated heterocycles. The van der Waals surface area contributed by atoms with Crippen LogP contribution in [0.5, 0.6) is 0 Å². The van der Waals surface area contributed by atoms with E-state index in [0.29, 0.717) is 30.2 Å². The number of carbonyl (C=O) groups is 3. The molecule has 1 aliphatic heterocycles. The summed E-state index contributed by atoms with van der Waals surface area (Å²) < 4.78 is 5.49. The van der Waals surface area contributed by atoms with Gasteiger partial charge in [-0.25, -0.2) is 4.79 Å². The standard InChI is InChI=1S/C18H20N6O4S/c1-11-4-6-18(7-5-11)15(26)24(16(27)20-18)23-13(25)10-29-17-22-21-14(28-17)12-3-2-8-19-9-12/h2-3,8-9,11H,4-7,10H2,1H3,(H,20,27)(H,23,25). The quantitative estimate of drug-likeness (QED) is 0.557. The molecule has 0 bridgehead atoms. The molecule has 4 amide bonds. The van der Waals surface area contributed by atoms with Gasteiger partial charge in [0.05, 0.1) is 11.3 Å². The Balaban J connectivity index is 1.33. The van der Waals surface area contributed by atoms with Gasteiger partial charge >= 0.3 is 6.03 Å². The summed E-state index contributed by atoms with van der Waals surface area (Å²) in [5.41, 5.74) is 2.16. The molecule has 0 aromatic carbocycles. The molecule has 3 heterocycles. The number of nitrogens with one attached hydrogen (secondary N) is 2. The molecule has 11 heteroatoms. The van der Waals surface area contributed by atoms with Gasteiger partial charge in [0.1, 0.15) is 5.54 Å². The number of hydrogen-bond acceptors (Lipinski definition) is 8. The third-order valence-electron chi connectivity index (χ3n) is 5.17. The van der Waals surface area contributed by atoms with Crippen molar-refractivity contribution in [3.63, 3.8) is 0 Å². The van der Waals surface area contributed by atoms with Gasteiger partial charge in [0.15, 0.2) is 0 Å². The summed E-state index contributed by atoms with van der Waals surface area (Å²) in [6.45, 7) is 2.13. The zero-order valence-electron chi connectivity index (χ0n) is 15.8. The van der Waals surface area contributed by atoms with Crippen LogP contribution in [0.2, 0.25) is 0 Å². The highest BCUT2D eigenvalue weighted by molar-refractivity contribution is 7.99. The molecule has 2 fully saturated rings. The Morgan fingerprint density at radius 2 is 2.17 bits per heavy atom. The highest BCUT2D eigenvalue weighted by Gasteiger charge is 2.52. The van der Waals surface area contributed by atoms with Crippen LogP contribution < -0.4 is 10.7 Å². The number of hydrogen-bond donors (Lipinski definition) is 2. The molecule has 2 aromatic rings. The maximum absolute atomic E-state index is 12.7. The summed E-state index contributed by atoms with van der Waals surface area (Å²) >= 11 is 1.01. The summed E-state index contributed by atoms with van der Waals surface area (Å²) in [4.78, 5) is 41.2. The molecule has 10 nitrogen and oxygen atoms in total. The number of pyridine rings is 1. The van der Waals surface area contributed by atoms with Crippen LogP contribution in [-0.2, 0) is 9.59 Å². The predicted octanol–water partition coefficient (Wildman–Crippen LogP) is 1.76. The average molecular weight is 416 g/mol. The number of carbonyl (C=O) groups excluding carboxylic acids is 3. The van der Waals surface area contributed by atoms with Crippen LogP contribution in [0.25, 0.3) is 11.5 Å². The molecule has 1 saturated carbocycles. The predicted molar refractivity (Wildman–Crippen MR) is 102 cm³/mol. The molecular formula is C18H20N6O4S. The van der Waals surface area contributed by atoms with Crippen LogP contribution in [0.3, 0.4) is 0 Å². The van der Waals surface area contributed by atoms with Crippen molar-refractivity contribution >= 4 is 29.6 Å². The van der Waals surface area contributed by atoms with E-state index in [-0.39, 0.29) is 11.0 Å². The van der Waals surface area contributed by atoms with Gasteiger partial charge in [0.2, 0.25) is 11.8 Å². The summed E-state index contributed by atoms with van der Waals surface area (Å²) in [6.07, 6.45) is 6.11. The van der Waals surface area contributed by atoms with Gasteiger partial charge in [-0.05, 0) is 43.7 Å². The van der Waals surface area contributed by atoms with E-state index in [9.17, 15) is 14.4 Å². The van der Waals surface area contributed by atoms with Gasteiger partial charge in [-0.3, -0.25) is 20.0 Å². The summed E-state index contributed by atoms with van der Waals surface area (Å²) in [5, 5.41) is 11.5. The van der Waals surface area contributed by atoms with Gasteiger partial charge in [-0.1, -0.05) is 18.7 Å². The zero-order valence-corrected chi connectivity index (χ0v) is 16.6.